The van der Waals surface area contributed by atoms with Gasteiger partial charge >= 0.3 is 12.2 Å². The third-order valence-corrected chi connectivity index (χ3v) is 7.10. The van der Waals surface area contributed by atoms with Crippen LogP contribution in [-0.4, -0.2) is 17.1 Å². The molecule has 1 fully saturated rings. The number of alkyl halides is 3. The highest BCUT2D eigenvalue weighted by atomic mass is 127. The maximum absolute atomic E-state index is 14.7. The van der Waals surface area contributed by atoms with E-state index in [-0.39, 0.29) is 18.0 Å². The van der Waals surface area contributed by atoms with Gasteiger partial charge in [0.15, 0.2) is 0 Å². The zero-order valence-electron chi connectivity index (χ0n) is 19.4. The quantitative estimate of drug-likeness (QED) is 0.234. The van der Waals surface area contributed by atoms with Gasteiger partial charge < -0.3 is 10.6 Å². The van der Waals surface area contributed by atoms with Crippen molar-refractivity contribution < 1.29 is 22.4 Å². The van der Waals surface area contributed by atoms with E-state index >= 15 is 0 Å². The maximum Gasteiger partial charge on any atom is 0.416 e. The molecule has 1 heterocycles. The lowest BCUT2D eigenvalue weighted by molar-refractivity contribution is -0.137. The van der Waals surface area contributed by atoms with E-state index in [2.05, 4.69) is 38.2 Å². The van der Waals surface area contributed by atoms with Gasteiger partial charge in [-0.15, -0.1) is 0 Å². The lowest BCUT2D eigenvalue weighted by atomic mass is 9.79. The highest BCUT2D eigenvalue weighted by molar-refractivity contribution is 14.1. The second-order valence-corrected chi connectivity index (χ2v) is 10.3. The Morgan fingerprint density at radius 3 is 2.31 bits per heavy atom. The van der Waals surface area contributed by atoms with Gasteiger partial charge in [0.2, 0.25) is 0 Å². The van der Waals surface area contributed by atoms with Gasteiger partial charge in [0.05, 0.1) is 11.3 Å². The topological polar surface area (TPSA) is 54.0 Å². The van der Waals surface area contributed by atoms with E-state index in [0.29, 0.717) is 11.8 Å². The number of urea groups is 1. The summed E-state index contributed by atoms with van der Waals surface area (Å²) in [6.45, 7) is 0. The molecule has 0 saturated heterocycles. The van der Waals surface area contributed by atoms with Crippen LogP contribution in [0.3, 0.4) is 0 Å². The summed E-state index contributed by atoms with van der Waals surface area (Å²) in [6.07, 6.45) is 1.64. The summed E-state index contributed by atoms with van der Waals surface area (Å²) in [7, 11) is 0. The van der Waals surface area contributed by atoms with Gasteiger partial charge in [0, 0.05) is 22.2 Å². The van der Waals surface area contributed by atoms with Crippen molar-refractivity contribution in [1.82, 2.24) is 15.6 Å². The van der Waals surface area contributed by atoms with Crippen LogP contribution in [0.15, 0.2) is 66.9 Å². The number of pyridine rings is 1. The summed E-state index contributed by atoms with van der Waals surface area (Å²) >= 11 is 2.08. The Bertz CT molecular complexity index is 1180. The van der Waals surface area contributed by atoms with Crippen LogP contribution in [0.1, 0.15) is 54.5 Å². The van der Waals surface area contributed by atoms with Crippen LogP contribution in [0, 0.1) is 9.39 Å². The lowest BCUT2D eigenvalue weighted by Crippen LogP contribution is -2.54. The molecule has 0 radical (unpaired) electrons. The Kier molecular flexibility index (Phi) is 8.17. The summed E-state index contributed by atoms with van der Waals surface area (Å²) < 4.78 is 56.6. The Balaban J connectivity index is 1.86. The molecule has 4 rings (SSSR count). The molecule has 0 aliphatic heterocycles. The van der Waals surface area contributed by atoms with Crippen molar-refractivity contribution in [2.24, 2.45) is 0 Å². The Labute approximate surface area is 221 Å². The van der Waals surface area contributed by atoms with Crippen LogP contribution in [0.4, 0.5) is 22.4 Å². The smallest absolute Gasteiger partial charge is 0.335 e. The number of halogens is 5. The molecule has 1 aromatic heterocycles. The number of carbonyl (C=O) groups excluding carboxylic acids is 1. The molecule has 4 nitrogen and oxygen atoms in total. The number of aromatic nitrogens is 1. The van der Waals surface area contributed by atoms with Crippen LogP contribution in [0.2, 0.25) is 0 Å². The SMILES string of the molecule is O=C(NC1CCCCC1)NC(Cc1ccccc1)(c1cc(F)cc(C(F)(F)F)c1)c1ccc(I)cn1. The van der Waals surface area contributed by atoms with Crippen molar-refractivity contribution in [1.29, 1.82) is 0 Å². The molecular formula is C27H26F4IN3O. The van der Waals surface area contributed by atoms with Crippen molar-refractivity contribution >= 4 is 28.6 Å². The predicted molar refractivity (Wildman–Crippen MR) is 138 cm³/mol. The molecule has 2 amide bonds. The summed E-state index contributed by atoms with van der Waals surface area (Å²) in [4.78, 5) is 17.8. The van der Waals surface area contributed by atoms with Crippen molar-refractivity contribution in [3.8, 4) is 0 Å². The van der Waals surface area contributed by atoms with Crippen LogP contribution >= 0.6 is 22.6 Å². The van der Waals surface area contributed by atoms with Gasteiger partial charge in [-0.05, 0) is 76.9 Å². The molecule has 3 aromatic rings. The molecular weight excluding hydrogens is 585 g/mol. The third-order valence-electron chi connectivity index (χ3n) is 6.46. The molecule has 1 aliphatic rings. The van der Waals surface area contributed by atoms with E-state index in [1.54, 1.807) is 30.5 Å². The van der Waals surface area contributed by atoms with Crippen molar-refractivity contribution in [2.75, 3.05) is 0 Å². The molecule has 2 N–H and O–H groups in total. The molecule has 0 bridgehead atoms. The van der Waals surface area contributed by atoms with Crippen LogP contribution in [-0.2, 0) is 18.1 Å². The van der Waals surface area contributed by atoms with Crippen LogP contribution < -0.4 is 10.6 Å². The largest absolute Gasteiger partial charge is 0.416 e. The summed E-state index contributed by atoms with van der Waals surface area (Å²) in [6, 6.07) is 14.3. The van der Waals surface area contributed by atoms with Crippen LogP contribution in [0.25, 0.3) is 0 Å². The average Bonchev–Trinajstić information content (AvgIpc) is 2.84. The molecule has 36 heavy (non-hydrogen) atoms. The fourth-order valence-corrected chi connectivity index (χ4v) is 5.03. The number of hydrogen-bond acceptors (Lipinski definition) is 2. The Morgan fingerprint density at radius 1 is 0.972 bits per heavy atom. The predicted octanol–water partition coefficient (Wildman–Crippen LogP) is 6.96. The van der Waals surface area contributed by atoms with Crippen molar-refractivity contribution in [2.45, 2.75) is 56.3 Å². The Hall–Kier alpha value is -2.69. The maximum atomic E-state index is 14.7. The first-order chi connectivity index (χ1) is 17.2. The van der Waals surface area contributed by atoms with Gasteiger partial charge in [-0.3, -0.25) is 4.98 Å². The van der Waals surface area contributed by atoms with E-state index in [4.69, 9.17) is 0 Å². The molecule has 2 aromatic carbocycles. The van der Waals surface area contributed by atoms with E-state index in [0.717, 1.165) is 53.4 Å². The van der Waals surface area contributed by atoms with Crippen molar-refractivity contribution in [3.63, 3.8) is 0 Å². The summed E-state index contributed by atoms with van der Waals surface area (Å²) in [5, 5.41) is 5.91. The fraction of sp³-hybridized carbons (Fsp3) is 0.333. The monoisotopic (exact) mass is 611 g/mol. The number of amides is 2. The van der Waals surface area contributed by atoms with Gasteiger partial charge in [0.25, 0.3) is 0 Å². The van der Waals surface area contributed by atoms with E-state index < -0.39 is 29.1 Å². The molecule has 1 atom stereocenters. The first kappa shape index (κ1) is 26.4. The summed E-state index contributed by atoms with van der Waals surface area (Å²) in [5.74, 6) is -1.04. The zero-order valence-corrected chi connectivity index (χ0v) is 21.6. The normalized spacial score (nSPS) is 16.2. The second kappa shape index (κ2) is 11.1. The van der Waals surface area contributed by atoms with E-state index in [9.17, 15) is 22.4 Å². The van der Waals surface area contributed by atoms with E-state index in [1.807, 2.05) is 18.2 Å². The number of nitrogens with one attached hydrogen (secondary N) is 2. The molecule has 1 unspecified atom stereocenters. The minimum Gasteiger partial charge on any atom is -0.335 e. The first-order valence-corrected chi connectivity index (χ1v) is 12.9. The van der Waals surface area contributed by atoms with Gasteiger partial charge in [-0.1, -0.05) is 49.6 Å². The number of hydrogen-bond donors (Lipinski definition) is 2. The minimum atomic E-state index is -4.76. The number of benzene rings is 2. The fourth-order valence-electron chi connectivity index (χ4n) is 4.71. The first-order valence-electron chi connectivity index (χ1n) is 11.8. The molecule has 1 saturated carbocycles. The lowest BCUT2D eigenvalue weighted by Gasteiger charge is -2.36. The number of carbonyl (C=O) groups is 1. The zero-order chi connectivity index (χ0) is 25.8. The molecule has 9 heteroatoms. The third kappa shape index (κ3) is 6.35. The minimum absolute atomic E-state index is 0.0314. The van der Waals surface area contributed by atoms with Gasteiger partial charge in [-0.25, -0.2) is 9.18 Å². The highest BCUT2D eigenvalue weighted by Gasteiger charge is 2.41. The Morgan fingerprint density at radius 2 is 1.67 bits per heavy atom. The average molecular weight is 611 g/mol. The standard InChI is InChI=1S/C27H26F4IN3O/c28-21-14-19(13-20(15-21)27(29,30)31)26(16-18-7-3-1-4-8-18,24-12-11-22(32)17-33-24)35-25(36)34-23-9-5-2-6-10-23/h1,3-4,7-8,11-15,17,23H,2,5-6,9-10,16H2,(H2,34,35,36). The molecule has 1 aliphatic carbocycles. The van der Waals surface area contributed by atoms with E-state index in [1.165, 1.54) is 0 Å². The van der Waals surface area contributed by atoms with Gasteiger partial charge in [0.1, 0.15) is 11.4 Å². The molecule has 0 spiro atoms. The van der Waals surface area contributed by atoms with Crippen molar-refractivity contribution in [3.05, 3.63) is 98.6 Å². The summed E-state index contributed by atoms with van der Waals surface area (Å²) in [5.41, 5.74) is -1.67. The highest BCUT2D eigenvalue weighted by Crippen LogP contribution is 2.37. The molecule has 190 valence electrons. The van der Waals surface area contributed by atoms with Gasteiger partial charge in [-0.2, -0.15) is 13.2 Å². The second-order valence-electron chi connectivity index (χ2n) is 9.09. The van der Waals surface area contributed by atoms with Crippen LogP contribution in [0.5, 0.6) is 0 Å². The number of rotatable bonds is 6. The number of nitrogens with zero attached hydrogens (tertiary/aromatic N) is 1.